The largest absolute Gasteiger partial charge is 0.351 e. The number of aliphatic imine (C=N–C) groups is 1. The van der Waals surface area contributed by atoms with Gasteiger partial charge in [-0.15, -0.1) is 0 Å². The molecule has 1 N–H and O–H groups in total. The van der Waals surface area contributed by atoms with Crippen molar-refractivity contribution in [3.8, 4) is 0 Å². The zero-order chi connectivity index (χ0) is 24.3. The second-order valence-corrected chi connectivity index (χ2v) is 11.3. The van der Waals surface area contributed by atoms with Gasteiger partial charge in [0.15, 0.2) is 5.17 Å². The van der Waals surface area contributed by atoms with Gasteiger partial charge in [0, 0.05) is 62.5 Å². The Morgan fingerprint density at radius 1 is 1.00 bits per heavy atom. The number of anilines is 1. The van der Waals surface area contributed by atoms with E-state index in [1.54, 1.807) is 24.3 Å². The third-order valence-electron chi connectivity index (χ3n) is 6.62. The Bertz CT molecular complexity index is 950. The van der Waals surface area contributed by atoms with E-state index >= 15 is 0 Å². The molecule has 3 aliphatic heterocycles. The summed E-state index contributed by atoms with van der Waals surface area (Å²) >= 11 is 1.39. The number of carbonyl (C=O) groups is 3. The van der Waals surface area contributed by atoms with E-state index in [9.17, 15) is 14.4 Å². The van der Waals surface area contributed by atoms with Crippen molar-refractivity contribution in [3.63, 3.8) is 0 Å². The molecule has 0 aliphatic carbocycles. The lowest BCUT2D eigenvalue weighted by Crippen LogP contribution is -2.44. The molecule has 3 amide bonds. The Morgan fingerprint density at radius 2 is 1.71 bits per heavy atom. The Hall–Kier alpha value is -2.39. The van der Waals surface area contributed by atoms with Crippen LogP contribution in [0.25, 0.3) is 0 Å². The molecule has 1 atom stereocenters. The summed E-state index contributed by atoms with van der Waals surface area (Å²) in [5.74, 6) is -0.434. The van der Waals surface area contributed by atoms with Crippen molar-refractivity contribution in [2.75, 3.05) is 44.6 Å². The zero-order valence-electron chi connectivity index (χ0n) is 20.4. The van der Waals surface area contributed by atoms with Crippen LogP contribution < -0.4 is 5.32 Å². The summed E-state index contributed by atoms with van der Waals surface area (Å²) in [5.41, 5.74) is 1.34. The number of nitrogens with zero attached hydrogens (tertiary/aromatic N) is 4. The molecule has 2 fully saturated rings. The number of nitrogens with one attached hydrogen (secondary N) is 1. The number of thioether (sulfide) groups is 1. The van der Waals surface area contributed by atoms with Gasteiger partial charge < -0.3 is 15.1 Å². The number of hydrogen-bond acceptors (Lipinski definition) is 6. The second-order valence-electron chi connectivity index (χ2n) is 10.2. The van der Waals surface area contributed by atoms with Crippen LogP contribution in [0, 0.1) is 0 Å². The van der Waals surface area contributed by atoms with Crippen molar-refractivity contribution in [1.29, 1.82) is 0 Å². The SMILES string of the molecule is CC(C)(C)N1CCCN(C(=O)c2ccc(NC(=O)CC3SC(N4CCCC4)=NC3=O)cc2)CC1. The van der Waals surface area contributed by atoms with E-state index < -0.39 is 5.25 Å². The summed E-state index contributed by atoms with van der Waals surface area (Å²) in [7, 11) is 0. The predicted octanol–water partition coefficient (Wildman–Crippen LogP) is 3.06. The molecule has 4 rings (SSSR count). The molecular weight excluding hydrogens is 450 g/mol. The number of hydrogen-bond donors (Lipinski definition) is 1. The van der Waals surface area contributed by atoms with E-state index in [1.807, 2.05) is 4.90 Å². The number of carbonyl (C=O) groups excluding carboxylic acids is 3. The summed E-state index contributed by atoms with van der Waals surface area (Å²) in [6, 6.07) is 7.02. The first-order valence-electron chi connectivity index (χ1n) is 12.2. The molecule has 0 spiro atoms. The minimum Gasteiger partial charge on any atom is -0.351 e. The first-order valence-corrected chi connectivity index (χ1v) is 13.1. The van der Waals surface area contributed by atoms with Crippen LogP contribution in [0.5, 0.6) is 0 Å². The molecule has 9 heteroatoms. The molecule has 0 bridgehead atoms. The highest BCUT2D eigenvalue weighted by molar-refractivity contribution is 8.15. The van der Waals surface area contributed by atoms with Crippen LogP contribution >= 0.6 is 11.8 Å². The number of likely N-dealkylation sites (tertiary alicyclic amines) is 1. The predicted molar refractivity (Wildman–Crippen MR) is 136 cm³/mol. The van der Waals surface area contributed by atoms with E-state index in [4.69, 9.17) is 0 Å². The normalized spacial score (nSPS) is 22.0. The summed E-state index contributed by atoms with van der Waals surface area (Å²) in [6.45, 7) is 11.8. The maximum absolute atomic E-state index is 13.0. The molecule has 8 nitrogen and oxygen atoms in total. The lowest BCUT2D eigenvalue weighted by atomic mass is 10.1. The first kappa shape index (κ1) is 24.7. The van der Waals surface area contributed by atoms with Gasteiger partial charge in [0.25, 0.3) is 11.8 Å². The molecule has 0 radical (unpaired) electrons. The molecule has 1 aromatic rings. The Morgan fingerprint density at radius 3 is 2.38 bits per heavy atom. The third-order valence-corrected chi connectivity index (χ3v) is 7.84. The Labute approximate surface area is 206 Å². The maximum Gasteiger partial charge on any atom is 0.262 e. The van der Waals surface area contributed by atoms with E-state index in [-0.39, 0.29) is 29.7 Å². The average molecular weight is 486 g/mol. The molecule has 1 unspecified atom stereocenters. The molecule has 2 saturated heterocycles. The minimum absolute atomic E-state index is 0.0215. The van der Waals surface area contributed by atoms with Crippen LogP contribution in [0.15, 0.2) is 29.3 Å². The van der Waals surface area contributed by atoms with Crippen molar-refractivity contribution in [1.82, 2.24) is 14.7 Å². The van der Waals surface area contributed by atoms with Crippen LogP contribution in [-0.4, -0.2) is 87.6 Å². The third kappa shape index (κ3) is 5.99. The molecule has 34 heavy (non-hydrogen) atoms. The van der Waals surface area contributed by atoms with Crippen molar-refractivity contribution >= 4 is 40.3 Å². The lowest BCUT2D eigenvalue weighted by Gasteiger charge is -2.34. The van der Waals surface area contributed by atoms with E-state index in [2.05, 4.69) is 40.9 Å². The summed E-state index contributed by atoms with van der Waals surface area (Å²) in [6.07, 6.45) is 3.27. The molecule has 184 valence electrons. The zero-order valence-corrected chi connectivity index (χ0v) is 21.2. The van der Waals surface area contributed by atoms with Gasteiger partial charge in [-0.25, -0.2) is 0 Å². The molecule has 1 aromatic carbocycles. The number of benzene rings is 1. The highest BCUT2D eigenvalue weighted by Crippen LogP contribution is 2.29. The number of amides is 3. The minimum atomic E-state index is -0.466. The smallest absolute Gasteiger partial charge is 0.262 e. The standard InChI is InChI=1S/C25H35N5O3S/c1-25(2,3)30-14-6-13-28(15-16-30)23(33)18-7-9-19(10-8-18)26-21(31)17-20-22(32)27-24(34-20)29-11-4-5-12-29/h7-10,20H,4-6,11-17H2,1-3H3,(H,26,31). The van der Waals surface area contributed by atoms with Crippen LogP contribution in [0.4, 0.5) is 5.69 Å². The van der Waals surface area contributed by atoms with Gasteiger partial charge in [0.1, 0.15) is 5.25 Å². The topological polar surface area (TPSA) is 85.3 Å². The lowest BCUT2D eigenvalue weighted by molar-refractivity contribution is -0.121. The van der Waals surface area contributed by atoms with Gasteiger partial charge in [-0.1, -0.05) is 11.8 Å². The molecule has 0 aromatic heterocycles. The van der Waals surface area contributed by atoms with Crippen molar-refractivity contribution in [2.45, 2.75) is 57.2 Å². The first-order chi connectivity index (χ1) is 16.2. The Balaban J connectivity index is 1.27. The second kappa shape index (κ2) is 10.5. The van der Waals surface area contributed by atoms with Crippen molar-refractivity contribution in [2.24, 2.45) is 4.99 Å². The fraction of sp³-hybridized carbons (Fsp3) is 0.600. The van der Waals surface area contributed by atoms with Gasteiger partial charge in [0.05, 0.1) is 0 Å². The number of amidine groups is 1. The fourth-order valence-corrected chi connectivity index (χ4v) is 5.72. The van der Waals surface area contributed by atoms with Gasteiger partial charge >= 0.3 is 0 Å². The van der Waals surface area contributed by atoms with Crippen LogP contribution in [0.1, 0.15) is 56.8 Å². The number of rotatable bonds is 4. The van der Waals surface area contributed by atoms with Crippen LogP contribution in [0.2, 0.25) is 0 Å². The van der Waals surface area contributed by atoms with Crippen LogP contribution in [0.3, 0.4) is 0 Å². The van der Waals surface area contributed by atoms with E-state index in [0.29, 0.717) is 17.8 Å². The van der Waals surface area contributed by atoms with Gasteiger partial charge in [-0.2, -0.15) is 4.99 Å². The van der Waals surface area contributed by atoms with Crippen molar-refractivity contribution in [3.05, 3.63) is 29.8 Å². The van der Waals surface area contributed by atoms with Gasteiger partial charge in [-0.05, 0) is 64.3 Å². The fourth-order valence-electron chi connectivity index (χ4n) is 4.60. The molecule has 3 aliphatic rings. The molecular formula is C25H35N5O3S. The van der Waals surface area contributed by atoms with Gasteiger partial charge in [-0.3, -0.25) is 19.3 Å². The summed E-state index contributed by atoms with van der Waals surface area (Å²) < 4.78 is 0. The molecule has 3 heterocycles. The molecule has 0 saturated carbocycles. The monoisotopic (exact) mass is 485 g/mol. The van der Waals surface area contributed by atoms with E-state index in [0.717, 1.165) is 57.2 Å². The summed E-state index contributed by atoms with van der Waals surface area (Å²) in [5, 5.41) is 3.14. The maximum atomic E-state index is 13.0. The van der Waals surface area contributed by atoms with E-state index in [1.165, 1.54) is 11.8 Å². The van der Waals surface area contributed by atoms with Gasteiger partial charge in [0.2, 0.25) is 5.91 Å². The summed E-state index contributed by atoms with van der Waals surface area (Å²) in [4.78, 5) is 48.4. The highest BCUT2D eigenvalue weighted by atomic mass is 32.2. The van der Waals surface area contributed by atoms with Crippen molar-refractivity contribution < 1.29 is 14.4 Å². The average Bonchev–Trinajstić information content (AvgIpc) is 3.36. The highest BCUT2D eigenvalue weighted by Gasteiger charge is 2.34. The Kier molecular flexibility index (Phi) is 7.62. The van der Waals surface area contributed by atoms with Crippen LogP contribution in [-0.2, 0) is 9.59 Å². The quantitative estimate of drug-likeness (QED) is 0.706.